The van der Waals surface area contributed by atoms with Crippen LogP contribution in [0.1, 0.15) is 61.7 Å². The normalized spacial score (nSPS) is 20.2. The lowest BCUT2D eigenvalue weighted by molar-refractivity contribution is -0.0994. The molecule has 17 heteroatoms. The van der Waals surface area contributed by atoms with Crippen LogP contribution in [0.25, 0.3) is 22.5 Å². The van der Waals surface area contributed by atoms with E-state index >= 15 is 0 Å². The molecule has 2 N–H and O–H groups in total. The summed E-state index contributed by atoms with van der Waals surface area (Å²) in [6.07, 6.45) is -5.10. The zero-order chi connectivity index (χ0) is 37.0. The fourth-order valence-electron chi connectivity index (χ4n) is 6.22. The molecule has 2 fully saturated rings. The van der Waals surface area contributed by atoms with E-state index in [1.807, 2.05) is 55.5 Å². The summed E-state index contributed by atoms with van der Waals surface area (Å²) < 4.78 is 38.9. The number of carbonyl (C=O) groups is 3. The molecule has 2 aliphatic rings. The number of ether oxygens (including phenoxy) is 7. The van der Waals surface area contributed by atoms with E-state index in [0.29, 0.717) is 18.1 Å². The Morgan fingerprint density at radius 1 is 0.981 bits per heavy atom. The first-order chi connectivity index (χ1) is 25.0. The summed E-state index contributed by atoms with van der Waals surface area (Å²) in [5.41, 5.74) is 2.14. The second-order valence-corrected chi connectivity index (χ2v) is 12.8. The summed E-state index contributed by atoms with van der Waals surface area (Å²) in [7, 11) is 1.19. The van der Waals surface area contributed by atoms with Crippen LogP contribution < -0.4 is 0 Å². The van der Waals surface area contributed by atoms with Crippen molar-refractivity contribution in [1.82, 2.24) is 30.2 Å². The number of nitrogens with one attached hydrogen (secondary N) is 1. The molecule has 52 heavy (non-hydrogen) atoms. The minimum atomic E-state index is -1.51. The van der Waals surface area contributed by atoms with Crippen molar-refractivity contribution in [2.75, 3.05) is 20.3 Å². The first kappa shape index (κ1) is 36.4. The van der Waals surface area contributed by atoms with Gasteiger partial charge in [0.05, 0.1) is 20.3 Å². The molecular weight excluding hydrogens is 680 g/mol. The number of aromatic nitrogens is 6. The van der Waals surface area contributed by atoms with Gasteiger partial charge in [0.1, 0.15) is 29.3 Å². The number of rotatable bonds is 12. The van der Waals surface area contributed by atoms with Gasteiger partial charge in [-0.25, -0.2) is 19.4 Å². The molecule has 17 nitrogen and oxygen atoms in total. The molecule has 0 aliphatic carbocycles. The fraction of sp³-hybridized carbons (Fsp3) is 0.457. The van der Waals surface area contributed by atoms with E-state index in [4.69, 9.17) is 28.4 Å². The van der Waals surface area contributed by atoms with Crippen molar-refractivity contribution in [2.45, 2.75) is 83.4 Å². The minimum Gasteiger partial charge on any atom is -0.438 e. The van der Waals surface area contributed by atoms with E-state index < -0.39 is 54.6 Å². The predicted molar refractivity (Wildman–Crippen MR) is 179 cm³/mol. The molecule has 0 radical (unpaired) electrons. The molecule has 6 rings (SSSR count). The van der Waals surface area contributed by atoms with Gasteiger partial charge in [0.2, 0.25) is 12.1 Å². The van der Waals surface area contributed by atoms with Gasteiger partial charge >= 0.3 is 18.3 Å². The first-order valence-electron chi connectivity index (χ1n) is 16.8. The highest BCUT2D eigenvalue weighted by molar-refractivity contribution is 5.89. The van der Waals surface area contributed by atoms with Gasteiger partial charge in [0.25, 0.3) is 0 Å². The van der Waals surface area contributed by atoms with Crippen molar-refractivity contribution in [3.05, 3.63) is 71.3 Å². The van der Waals surface area contributed by atoms with Gasteiger partial charge < -0.3 is 42.8 Å². The van der Waals surface area contributed by atoms with E-state index in [0.717, 1.165) is 28.7 Å². The van der Waals surface area contributed by atoms with Crippen molar-refractivity contribution < 1.29 is 52.6 Å². The molecule has 4 aromatic rings. The number of aromatic amines is 1. The summed E-state index contributed by atoms with van der Waals surface area (Å²) in [5, 5.41) is 25.5. The summed E-state index contributed by atoms with van der Waals surface area (Å²) in [4.78, 5) is 42.8. The average Bonchev–Trinajstić information content (AvgIpc) is 3.92. The Morgan fingerprint density at radius 3 is 2.23 bits per heavy atom. The number of esters is 1. The number of aliphatic hydroxyl groups is 1. The molecule has 0 spiro atoms. The van der Waals surface area contributed by atoms with E-state index in [-0.39, 0.29) is 31.1 Å². The zero-order valence-corrected chi connectivity index (χ0v) is 29.3. The number of tetrazole rings is 1. The van der Waals surface area contributed by atoms with Crippen molar-refractivity contribution >= 4 is 18.3 Å². The number of hydrogen-bond acceptors (Lipinski definition) is 15. The Hall–Kier alpha value is -5.39. The third kappa shape index (κ3) is 7.90. The van der Waals surface area contributed by atoms with Crippen LogP contribution in [-0.4, -0.2) is 105 Å². The smallest absolute Gasteiger partial charge is 0.438 e. The van der Waals surface area contributed by atoms with E-state index in [9.17, 15) is 19.5 Å². The van der Waals surface area contributed by atoms with Crippen LogP contribution in [0.3, 0.4) is 0 Å². The second-order valence-electron chi connectivity index (χ2n) is 12.8. The highest BCUT2D eigenvalue weighted by Gasteiger charge is 2.51. The molecule has 0 bridgehead atoms. The van der Waals surface area contributed by atoms with Crippen LogP contribution in [0.5, 0.6) is 0 Å². The number of H-pyrrole nitrogens is 1. The van der Waals surface area contributed by atoms with Crippen molar-refractivity contribution in [1.29, 1.82) is 0 Å². The summed E-state index contributed by atoms with van der Waals surface area (Å²) >= 11 is 0. The van der Waals surface area contributed by atoms with Crippen LogP contribution in [0.4, 0.5) is 9.59 Å². The lowest BCUT2D eigenvalue weighted by atomic mass is 9.98. The van der Waals surface area contributed by atoms with Crippen molar-refractivity contribution in [3.63, 3.8) is 0 Å². The number of aryl methyl sites for hydroxylation is 1. The first-order valence-corrected chi connectivity index (χ1v) is 16.8. The number of methoxy groups -OCH3 is 1. The van der Waals surface area contributed by atoms with Gasteiger partial charge in [-0.05, 0) is 42.2 Å². The molecule has 2 aliphatic heterocycles. The Kier molecular flexibility index (Phi) is 10.8. The maximum atomic E-state index is 13.8. The maximum Gasteiger partial charge on any atom is 0.511 e. The third-order valence-corrected chi connectivity index (χ3v) is 8.57. The maximum absolute atomic E-state index is 13.8. The molecule has 0 saturated carbocycles. The summed E-state index contributed by atoms with van der Waals surface area (Å²) in [6.45, 7) is 6.65. The zero-order valence-electron chi connectivity index (χ0n) is 29.3. The fourth-order valence-corrected chi connectivity index (χ4v) is 6.22. The average molecular weight is 721 g/mol. The van der Waals surface area contributed by atoms with E-state index in [1.165, 1.54) is 27.9 Å². The van der Waals surface area contributed by atoms with Crippen molar-refractivity contribution in [3.8, 4) is 22.5 Å². The molecule has 2 aromatic carbocycles. The van der Waals surface area contributed by atoms with Gasteiger partial charge in [-0.15, -0.1) is 10.2 Å². The number of imidazole rings is 1. The largest absolute Gasteiger partial charge is 0.511 e. The summed E-state index contributed by atoms with van der Waals surface area (Å²) in [6, 6.07) is 15.5. The van der Waals surface area contributed by atoms with Crippen molar-refractivity contribution in [2.24, 2.45) is 0 Å². The molecule has 4 heterocycles. The Balaban J connectivity index is 1.16. The Labute approximate surface area is 298 Å². The molecule has 5 atom stereocenters. The van der Waals surface area contributed by atoms with Crippen LogP contribution in [0, 0.1) is 0 Å². The van der Waals surface area contributed by atoms with Crippen LogP contribution in [-0.2, 0) is 51.7 Å². The van der Waals surface area contributed by atoms with E-state index in [1.54, 1.807) is 4.57 Å². The topological polar surface area (TPSA) is 208 Å². The number of nitrogens with zero attached hydrogens (tertiary/aromatic N) is 5. The second kappa shape index (κ2) is 15.5. The summed E-state index contributed by atoms with van der Waals surface area (Å²) in [5.74, 6) is 0.192. The minimum absolute atomic E-state index is 0.0225. The Bertz CT molecular complexity index is 1870. The molecule has 2 saturated heterocycles. The number of hydrogen-bond donors (Lipinski definition) is 2. The van der Waals surface area contributed by atoms with Crippen LogP contribution in [0.15, 0.2) is 48.5 Å². The monoisotopic (exact) mass is 720 g/mol. The van der Waals surface area contributed by atoms with E-state index in [2.05, 4.69) is 30.3 Å². The highest BCUT2D eigenvalue weighted by Crippen LogP contribution is 2.33. The van der Waals surface area contributed by atoms with Gasteiger partial charge in [-0.3, -0.25) is 0 Å². The van der Waals surface area contributed by atoms with Crippen LogP contribution in [0.2, 0.25) is 0 Å². The molecule has 1 unspecified atom stereocenters. The lowest BCUT2D eigenvalue weighted by Crippen LogP contribution is -2.36. The van der Waals surface area contributed by atoms with Gasteiger partial charge in [0, 0.05) is 25.5 Å². The molecular formula is C35H40N6O11. The highest BCUT2D eigenvalue weighted by atomic mass is 16.8. The lowest BCUT2D eigenvalue weighted by Gasteiger charge is -2.21. The van der Waals surface area contributed by atoms with Gasteiger partial charge in [-0.1, -0.05) is 55.5 Å². The predicted octanol–water partition coefficient (Wildman–Crippen LogP) is 3.93. The molecule has 0 amide bonds. The van der Waals surface area contributed by atoms with Crippen LogP contribution >= 0.6 is 0 Å². The number of benzene rings is 2. The number of carbonyl (C=O) groups excluding carboxylic acids is 3. The quantitative estimate of drug-likeness (QED) is 0.121. The van der Waals surface area contributed by atoms with Gasteiger partial charge in [-0.2, -0.15) is 5.21 Å². The number of fused-ring (bicyclic) bond motifs is 1. The molecule has 276 valence electrons. The SMILES string of the molecule is CCCc1nc(C(C)(C)O)c(C(=O)OC(C)OC(=O)O[C@@H]2CO[C@H]3[C@@H]2OC[C@H]3OC(=O)OC)n1Cc1ccc(-c2ccccc2-c2nn[nH]n2)cc1. The standard InChI is InChI=1S/C35H40N6O11/c1-6-9-26-36-30(35(3,4)45)27(41(26)16-20-12-14-21(15-13-20)22-10-7-8-11-23(22)31-37-39-40-38-31)32(42)49-19(2)50-34(44)52-25-18-48-28-24(17-47-29(25)28)51-33(43)46-5/h7-8,10-15,19,24-25,28-29,45H,6,9,16-18H2,1-5H3,(H,37,38,39,40)/t19?,24-,25-,28-,29-/m1/s1. The van der Waals surface area contributed by atoms with Gasteiger partial charge in [0.15, 0.2) is 17.9 Å². The third-order valence-electron chi connectivity index (χ3n) is 8.57. The Morgan fingerprint density at radius 2 is 1.63 bits per heavy atom. The molecule has 2 aromatic heterocycles.